The summed E-state index contributed by atoms with van der Waals surface area (Å²) in [5.74, 6) is -0.372. The Balaban J connectivity index is 1.78. The van der Waals surface area contributed by atoms with Crippen LogP contribution in [0.2, 0.25) is 0 Å². The summed E-state index contributed by atoms with van der Waals surface area (Å²) in [7, 11) is -2.29. The number of hydrogen-bond acceptors (Lipinski definition) is 5. The van der Waals surface area contributed by atoms with Gasteiger partial charge >= 0.3 is 182 Å². The van der Waals surface area contributed by atoms with Crippen LogP contribution < -0.4 is 0 Å². The van der Waals surface area contributed by atoms with Gasteiger partial charge in [0.2, 0.25) is 0 Å². The van der Waals surface area contributed by atoms with Gasteiger partial charge in [0.25, 0.3) is 0 Å². The van der Waals surface area contributed by atoms with Gasteiger partial charge in [-0.15, -0.1) is 0 Å². The van der Waals surface area contributed by atoms with Crippen LogP contribution in [0.15, 0.2) is 53.8 Å². The zero-order valence-corrected chi connectivity index (χ0v) is 19.9. The van der Waals surface area contributed by atoms with Crippen molar-refractivity contribution in [1.29, 1.82) is 0 Å². The van der Waals surface area contributed by atoms with Crippen LogP contribution in [0.4, 0.5) is 0 Å². The molecule has 4 rings (SSSR count). The molecule has 1 unspecified atom stereocenters. The quantitative estimate of drug-likeness (QED) is 0.111. The van der Waals surface area contributed by atoms with E-state index in [1.807, 2.05) is 26.8 Å². The molecule has 1 atom stereocenters. The normalized spacial score (nSPS) is 25.0. The van der Waals surface area contributed by atoms with Gasteiger partial charge < -0.3 is 0 Å². The van der Waals surface area contributed by atoms with E-state index in [1.165, 1.54) is 16.4 Å². The monoisotopic (exact) mass is 527 g/mol. The molecule has 2 aliphatic heterocycles. The molecule has 2 heterocycles. The van der Waals surface area contributed by atoms with Crippen LogP contribution >= 0.6 is 20.1 Å². The third-order valence-electron chi connectivity index (χ3n) is 5.26. The Morgan fingerprint density at radius 3 is 2.55 bits per heavy atom. The van der Waals surface area contributed by atoms with E-state index in [0.717, 1.165) is 18.5 Å². The number of carbonyl (C=O) groups excluding carboxylic acids is 1. The first-order valence-electron chi connectivity index (χ1n) is 9.86. The Hall–Kier alpha value is -1.61. The van der Waals surface area contributed by atoms with Gasteiger partial charge in [-0.2, -0.15) is 0 Å². The van der Waals surface area contributed by atoms with Crippen molar-refractivity contribution in [2.45, 2.75) is 55.6 Å². The third-order valence-corrected chi connectivity index (χ3v) is 13.5. The van der Waals surface area contributed by atoms with Crippen LogP contribution in [0.5, 0.6) is 0 Å². The summed E-state index contributed by atoms with van der Waals surface area (Å²) in [5.41, 5.74) is 1.96. The molecular formula is C22H26INO4S. The van der Waals surface area contributed by atoms with Gasteiger partial charge in [0, 0.05) is 0 Å². The SMILES string of the molecule is CC(C)(C)OC(=O)C1=CCC(=S(=O)=O)C=C1N1I2CCCCC12c1ccccc1. The first-order chi connectivity index (χ1) is 13.7. The molecule has 0 amide bonds. The minimum atomic E-state index is -2.29. The molecule has 2 fully saturated rings. The molecule has 1 aliphatic carbocycles. The molecule has 5 nitrogen and oxygen atoms in total. The van der Waals surface area contributed by atoms with Crippen LogP contribution in [0.25, 0.3) is 0 Å². The topological polar surface area (TPSA) is 63.5 Å². The molecular weight excluding hydrogens is 501 g/mol. The molecule has 0 spiro atoms. The molecule has 7 heteroatoms. The number of ether oxygens (including phenoxy) is 1. The summed E-state index contributed by atoms with van der Waals surface area (Å²) in [6.07, 6.45) is 7.10. The van der Waals surface area contributed by atoms with Crippen LogP contribution in [0.3, 0.4) is 0 Å². The second-order valence-corrected chi connectivity index (χ2v) is 15.2. The number of alkyl halides is 2. The average molecular weight is 527 g/mol. The number of carbonyl (C=O) groups is 1. The fourth-order valence-corrected chi connectivity index (χ4v) is 13.3. The maximum absolute atomic E-state index is 13.0. The number of rotatable bonds is 3. The first kappa shape index (κ1) is 20.7. The molecule has 0 bridgehead atoms. The van der Waals surface area contributed by atoms with E-state index in [2.05, 4.69) is 27.4 Å². The van der Waals surface area contributed by atoms with Crippen molar-refractivity contribution in [3.05, 3.63) is 59.3 Å². The fourth-order valence-electron chi connectivity index (χ4n) is 4.05. The van der Waals surface area contributed by atoms with Gasteiger partial charge in [-0.05, 0) is 0 Å². The van der Waals surface area contributed by atoms with Crippen molar-refractivity contribution in [3.8, 4) is 0 Å². The Bertz CT molecular complexity index is 1030. The van der Waals surface area contributed by atoms with E-state index < -0.39 is 36.0 Å². The van der Waals surface area contributed by atoms with Crippen molar-refractivity contribution in [2.24, 2.45) is 0 Å². The Kier molecular flexibility index (Phi) is 5.40. The molecule has 0 aromatic heterocycles. The van der Waals surface area contributed by atoms with Crippen molar-refractivity contribution in [1.82, 2.24) is 3.11 Å². The number of allylic oxidation sites excluding steroid dienone is 2. The summed E-state index contributed by atoms with van der Waals surface area (Å²) in [4.78, 5) is 13.3. The van der Waals surface area contributed by atoms with Crippen molar-refractivity contribution in [2.75, 3.05) is 4.43 Å². The van der Waals surface area contributed by atoms with Crippen LogP contribution in [0.1, 0.15) is 52.0 Å². The molecule has 0 saturated carbocycles. The second kappa shape index (κ2) is 7.58. The molecule has 0 N–H and O–H groups in total. The minimum absolute atomic E-state index is 0.0107. The van der Waals surface area contributed by atoms with Crippen molar-refractivity contribution < 1.29 is 17.9 Å². The summed E-state index contributed by atoms with van der Waals surface area (Å²) < 4.78 is 32.6. The number of halogens is 1. The van der Waals surface area contributed by atoms with Crippen LogP contribution in [0, 0.1) is 0 Å². The standard InChI is InChI=1S/C22H26INO4S/c1-21(2,3)28-20(25)18-12-11-17(29(26)27)15-19(18)24-22(13-7-8-14-23(22)24)16-9-5-4-6-10-16/h4-6,9-10,12,15H,7-8,11,13-14H2,1-3H3. The maximum atomic E-state index is 13.0. The van der Waals surface area contributed by atoms with Gasteiger partial charge in [0.05, 0.1) is 0 Å². The average Bonchev–Trinajstić information content (AvgIpc) is 3.37. The van der Waals surface area contributed by atoms with Crippen molar-refractivity contribution in [3.63, 3.8) is 0 Å². The van der Waals surface area contributed by atoms with E-state index in [9.17, 15) is 13.2 Å². The summed E-state index contributed by atoms with van der Waals surface area (Å²) in [6.45, 7) is 5.54. The second-order valence-electron chi connectivity index (χ2n) is 8.44. The van der Waals surface area contributed by atoms with E-state index in [1.54, 1.807) is 12.2 Å². The number of nitrogens with zero attached hydrogens (tertiary/aromatic N) is 1. The van der Waals surface area contributed by atoms with Crippen LogP contribution in [-0.2, 0) is 23.4 Å². The zero-order valence-electron chi connectivity index (χ0n) is 16.9. The van der Waals surface area contributed by atoms with E-state index in [-0.39, 0.29) is 15.9 Å². The Morgan fingerprint density at radius 2 is 1.90 bits per heavy atom. The van der Waals surface area contributed by atoms with E-state index in [0.29, 0.717) is 10.4 Å². The van der Waals surface area contributed by atoms with Gasteiger partial charge in [0.15, 0.2) is 0 Å². The predicted octanol–water partition coefficient (Wildman–Crippen LogP) is 4.37. The molecule has 156 valence electrons. The van der Waals surface area contributed by atoms with Crippen molar-refractivity contribution >= 4 is 41.2 Å². The Morgan fingerprint density at radius 1 is 1.17 bits per heavy atom. The summed E-state index contributed by atoms with van der Waals surface area (Å²) >= 11 is -1.58. The zero-order chi connectivity index (χ0) is 20.8. The van der Waals surface area contributed by atoms with E-state index in [4.69, 9.17) is 4.74 Å². The molecule has 1 aromatic rings. The third kappa shape index (κ3) is 3.79. The predicted molar refractivity (Wildman–Crippen MR) is 123 cm³/mol. The van der Waals surface area contributed by atoms with Gasteiger partial charge in [-0.1, -0.05) is 0 Å². The number of fused-ring (bicyclic) bond motifs is 1. The number of esters is 1. The molecule has 3 aliphatic rings. The summed E-state index contributed by atoms with van der Waals surface area (Å²) in [5, 5.41) is 0. The molecule has 0 radical (unpaired) electrons. The van der Waals surface area contributed by atoms with Gasteiger partial charge in [0.1, 0.15) is 0 Å². The first-order valence-corrected chi connectivity index (χ1v) is 14.5. The summed E-state index contributed by atoms with van der Waals surface area (Å²) in [6, 6.07) is 10.5. The van der Waals surface area contributed by atoms with Gasteiger partial charge in [-0.25, -0.2) is 0 Å². The molecule has 29 heavy (non-hydrogen) atoms. The molecule has 2 saturated heterocycles. The number of hydrogen-bond donors (Lipinski definition) is 0. The fraction of sp³-hybridized carbons (Fsp3) is 0.455. The molecule has 1 aromatic carbocycles. The van der Waals surface area contributed by atoms with Gasteiger partial charge in [-0.3, -0.25) is 0 Å². The number of benzene rings is 1. The van der Waals surface area contributed by atoms with Crippen LogP contribution in [-0.4, -0.2) is 32.4 Å². The Labute approximate surface area is 181 Å². The van der Waals surface area contributed by atoms with E-state index >= 15 is 0 Å².